The molecule has 28 heavy (non-hydrogen) atoms. The number of carbonyl (C=O) groups is 1. The van der Waals surface area contributed by atoms with Gasteiger partial charge in [-0.2, -0.15) is 0 Å². The molecule has 2 unspecified atom stereocenters. The van der Waals surface area contributed by atoms with E-state index < -0.39 is 11.4 Å². The van der Waals surface area contributed by atoms with Gasteiger partial charge < -0.3 is 10.4 Å². The molecule has 1 aromatic rings. The Morgan fingerprint density at radius 3 is 2.79 bits per heavy atom. The molecule has 4 heteroatoms. The van der Waals surface area contributed by atoms with E-state index in [0.717, 1.165) is 24.8 Å². The van der Waals surface area contributed by atoms with Crippen molar-refractivity contribution in [3.63, 3.8) is 0 Å². The predicted molar refractivity (Wildman–Crippen MR) is 109 cm³/mol. The Morgan fingerprint density at radius 2 is 2.14 bits per heavy atom. The minimum atomic E-state index is -1.47. The molecule has 0 saturated heterocycles. The Balaban J connectivity index is 1.81. The molecule has 1 amide bonds. The lowest BCUT2D eigenvalue weighted by atomic mass is 9.91. The summed E-state index contributed by atoms with van der Waals surface area (Å²) in [5.74, 6) is 5.38. The standard InChI is InChI=1S/C24H26FNO2/c1-3-18-12-10-17(11-13-22(18)23(27)26-21-8-5-9-21)14-15-24(2,28)19-6-4-7-20(25)16-19/h4,6-7,10-13,16,18,21,28H,3,5,8-9H2,1-2H3,(H,26,27). The fourth-order valence-electron chi connectivity index (χ4n) is 3.24. The maximum absolute atomic E-state index is 13.4. The van der Waals surface area contributed by atoms with Crippen molar-refractivity contribution in [2.24, 2.45) is 5.92 Å². The third-order valence-corrected chi connectivity index (χ3v) is 5.33. The lowest BCUT2D eigenvalue weighted by Crippen LogP contribution is -2.41. The Kier molecular flexibility index (Phi) is 6.16. The number of rotatable bonds is 4. The SMILES string of the molecule is CCC1C=CC(C#CC(C)(O)c2cccc(F)c2)=CC=C1C(=O)NC1CCC1. The van der Waals surface area contributed by atoms with Crippen LogP contribution in [-0.2, 0) is 10.4 Å². The maximum Gasteiger partial charge on any atom is 0.248 e. The molecule has 0 aromatic heterocycles. The lowest BCUT2D eigenvalue weighted by Gasteiger charge is -2.27. The van der Waals surface area contributed by atoms with E-state index in [0.29, 0.717) is 17.2 Å². The molecular formula is C24H26FNO2. The number of halogens is 1. The van der Waals surface area contributed by atoms with Crippen molar-refractivity contribution >= 4 is 5.91 Å². The molecule has 2 N–H and O–H groups in total. The van der Waals surface area contributed by atoms with E-state index in [1.54, 1.807) is 18.2 Å². The van der Waals surface area contributed by atoms with Crippen molar-refractivity contribution in [1.29, 1.82) is 0 Å². The van der Waals surface area contributed by atoms with E-state index in [-0.39, 0.29) is 11.8 Å². The first-order valence-electron chi connectivity index (χ1n) is 9.81. The van der Waals surface area contributed by atoms with E-state index in [2.05, 4.69) is 17.2 Å². The van der Waals surface area contributed by atoms with Gasteiger partial charge in [-0.25, -0.2) is 4.39 Å². The van der Waals surface area contributed by atoms with Gasteiger partial charge in [-0.15, -0.1) is 0 Å². The Labute approximate surface area is 166 Å². The molecule has 1 saturated carbocycles. The third kappa shape index (κ3) is 4.79. The van der Waals surface area contributed by atoms with Crippen LogP contribution >= 0.6 is 0 Å². The summed E-state index contributed by atoms with van der Waals surface area (Å²) in [5, 5.41) is 13.7. The van der Waals surface area contributed by atoms with Gasteiger partial charge in [0.25, 0.3) is 0 Å². The van der Waals surface area contributed by atoms with Crippen LogP contribution in [0, 0.1) is 23.6 Å². The van der Waals surface area contributed by atoms with Crippen LogP contribution in [0.2, 0.25) is 0 Å². The lowest BCUT2D eigenvalue weighted by molar-refractivity contribution is -0.119. The van der Waals surface area contributed by atoms with Gasteiger partial charge in [0.05, 0.1) is 0 Å². The molecule has 0 spiro atoms. The monoisotopic (exact) mass is 379 g/mol. The number of allylic oxidation sites excluding steroid dienone is 5. The number of hydrogen-bond donors (Lipinski definition) is 2. The minimum absolute atomic E-state index is 0.0154. The fraction of sp³-hybridized carbons (Fsp3) is 0.375. The van der Waals surface area contributed by atoms with Crippen LogP contribution in [0.25, 0.3) is 0 Å². The smallest absolute Gasteiger partial charge is 0.248 e. The highest BCUT2D eigenvalue weighted by atomic mass is 19.1. The summed E-state index contributed by atoms with van der Waals surface area (Å²) in [4.78, 5) is 12.6. The van der Waals surface area contributed by atoms with Crippen LogP contribution in [-0.4, -0.2) is 17.1 Å². The van der Waals surface area contributed by atoms with Gasteiger partial charge in [-0.3, -0.25) is 4.79 Å². The second-order valence-electron chi connectivity index (χ2n) is 7.55. The topological polar surface area (TPSA) is 49.3 Å². The fourth-order valence-corrected chi connectivity index (χ4v) is 3.24. The number of carbonyl (C=O) groups excluding carboxylic acids is 1. The molecule has 146 valence electrons. The van der Waals surface area contributed by atoms with E-state index in [1.165, 1.54) is 25.5 Å². The first-order chi connectivity index (χ1) is 13.4. The Hall–Kier alpha value is -2.64. The zero-order valence-corrected chi connectivity index (χ0v) is 16.3. The van der Waals surface area contributed by atoms with Gasteiger partial charge in [-0.1, -0.05) is 43.0 Å². The van der Waals surface area contributed by atoms with Crippen molar-refractivity contribution in [2.75, 3.05) is 0 Å². The van der Waals surface area contributed by atoms with Gasteiger partial charge in [-0.05, 0) is 62.5 Å². The number of aliphatic hydroxyl groups is 1. The average molecular weight is 379 g/mol. The predicted octanol–water partition coefficient (Wildman–Crippen LogP) is 4.15. The molecule has 0 aliphatic heterocycles. The number of hydrogen-bond acceptors (Lipinski definition) is 2. The average Bonchev–Trinajstić information content (AvgIpc) is 2.85. The second kappa shape index (κ2) is 8.58. The van der Waals surface area contributed by atoms with Crippen molar-refractivity contribution in [3.05, 3.63) is 71.1 Å². The summed E-state index contributed by atoms with van der Waals surface area (Å²) in [7, 11) is 0. The summed E-state index contributed by atoms with van der Waals surface area (Å²) in [5.41, 5.74) is 0.364. The van der Waals surface area contributed by atoms with Crippen LogP contribution < -0.4 is 5.32 Å². The van der Waals surface area contributed by atoms with Gasteiger partial charge in [0.1, 0.15) is 11.4 Å². The summed E-state index contributed by atoms with van der Waals surface area (Å²) >= 11 is 0. The Bertz CT molecular complexity index is 895. The first-order valence-corrected chi connectivity index (χ1v) is 9.81. The molecule has 0 bridgehead atoms. The van der Waals surface area contributed by atoms with Gasteiger partial charge >= 0.3 is 0 Å². The first kappa shape index (κ1) is 20.1. The van der Waals surface area contributed by atoms with Crippen LogP contribution in [0.15, 0.2) is 59.7 Å². The summed E-state index contributed by atoms with van der Waals surface area (Å²) in [6.45, 7) is 3.59. The highest BCUT2D eigenvalue weighted by molar-refractivity contribution is 5.95. The summed E-state index contributed by atoms with van der Waals surface area (Å²) in [6, 6.07) is 6.10. The third-order valence-electron chi connectivity index (χ3n) is 5.33. The summed E-state index contributed by atoms with van der Waals surface area (Å²) in [6.07, 6.45) is 11.6. The molecule has 0 heterocycles. The molecule has 2 atom stereocenters. The van der Waals surface area contributed by atoms with Gasteiger partial charge in [0.2, 0.25) is 5.91 Å². The largest absolute Gasteiger partial charge is 0.374 e. The van der Waals surface area contributed by atoms with Crippen LogP contribution in [0.1, 0.15) is 45.1 Å². The summed E-state index contributed by atoms with van der Waals surface area (Å²) < 4.78 is 13.4. The maximum atomic E-state index is 13.4. The molecule has 0 radical (unpaired) electrons. The normalized spacial score (nSPS) is 21.2. The number of nitrogens with one attached hydrogen (secondary N) is 1. The molecule has 2 aliphatic carbocycles. The number of benzene rings is 1. The van der Waals surface area contributed by atoms with E-state index in [4.69, 9.17) is 0 Å². The van der Waals surface area contributed by atoms with Gasteiger partial charge in [0.15, 0.2) is 0 Å². The molecule has 1 fully saturated rings. The van der Waals surface area contributed by atoms with E-state index in [9.17, 15) is 14.3 Å². The highest BCUT2D eigenvalue weighted by Gasteiger charge is 2.24. The van der Waals surface area contributed by atoms with Crippen molar-refractivity contribution in [1.82, 2.24) is 5.32 Å². The molecule has 1 aromatic carbocycles. The van der Waals surface area contributed by atoms with Crippen LogP contribution in [0.3, 0.4) is 0 Å². The second-order valence-corrected chi connectivity index (χ2v) is 7.55. The molecule has 3 nitrogen and oxygen atoms in total. The molecular weight excluding hydrogens is 353 g/mol. The zero-order chi connectivity index (χ0) is 20.1. The molecule has 2 aliphatic rings. The van der Waals surface area contributed by atoms with Crippen LogP contribution in [0.4, 0.5) is 4.39 Å². The number of amides is 1. The quantitative estimate of drug-likeness (QED) is 0.772. The van der Waals surface area contributed by atoms with Crippen molar-refractivity contribution in [3.8, 4) is 11.8 Å². The minimum Gasteiger partial charge on any atom is -0.374 e. The zero-order valence-electron chi connectivity index (χ0n) is 16.3. The van der Waals surface area contributed by atoms with E-state index >= 15 is 0 Å². The van der Waals surface area contributed by atoms with Gasteiger partial charge in [0, 0.05) is 23.1 Å². The van der Waals surface area contributed by atoms with Crippen LogP contribution in [0.5, 0.6) is 0 Å². The van der Waals surface area contributed by atoms with Crippen molar-refractivity contribution in [2.45, 2.75) is 51.2 Å². The van der Waals surface area contributed by atoms with Crippen molar-refractivity contribution < 1.29 is 14.3 Å². The van der Waals surface area contributed by atoms with E-state index in [1.807, 2.05) is 25.2 Å². The highest BCUT2D eigenvalue weighted by Crippen LogP contribution is 2.25. The Morgan fingerprint density at radius 1 is 1.36 bits per heavy atom. The molecule has 3 rings (SSSR count).